The highest BCUT2D eigenvalue weighted by atomic mass is 32.2. The number of aromatic nitrogens is 2. The molecule has 0 radical (unpaired) electrons. The fourth-order valence-electron chi connectivity index (χ4n) is 3.62. The van der Waals surface area contributed by atoms with E-state index in [2.05, 4.69) is 21.3 Å². The molecule has 34 heavy (non-hydrogen) atoms. The van der Waals surface area contributed by atoms with Crippen LogP contribution in [0.1, 0.15) is 32.8 Å². The van der Waals surface area contributed by atoms with Gasteiger partial charge in [0.05, 0.1) is 11.1 Å². The molecule has 0 bridgehead atoms. The number of anilines is 1. The Morgan fingerprint density at radius 2 is 2.06 bits per heavy atom. The summed E-state index contributed by atoms with van der Waals surface area (Å²) in [7, 11) is -4.18. The van der Waals surface area contributed by atoms with Crippen molar-refractivity contribution in [3.05, 3.63) is 64.6 Å². The molecular formula is C24H26N4O5S. The van der Waals surface area contributed by atoms with Crippen molar-refractivity contribution in [3.8, 4) is 11.5 Å². The lowest BCUT2D eigenvalue weighted by atomic mass is 10.1. The zero-order chi connectivity index (χ0) is 24.6. The Labute approximate surface area is 197 Å². The lowest BCUT2D eigenvalue weighted by Crippen LogP contribution is -2.33. The minimum atomic E-state index is -4.18. The van der Waals surface area contributed by atoms with Crippen molar-refractivity contribution in [1.29, 1.82) is 0 Å². The molecule has 0 spiro atoms. The van der Waals surface area contributed by atoms with Gasteiger partial charge < -0.3 is 15.2 Å². The highest BCUT2D eigenvalue weighted by Crippen LogP contribution is 2.34. The fraction of sp³-hybridized carbons (Fsp3) is 0.292. The Balaban J connectivity index is 1.85. The lowest BCUT2D eigenvalue weighted by Gasteiger charge is -2.21. The molecule has 0 saturated heterocycles. The van der Waals surface area contributed by atoms with Gasteiger partial charge in [0.1, 0.15) is 34.2 Å². The zero-order valence-electron chi connectivity index (χ0n) is 19.2. The zero-order valence-corrected chi connectivity index (χ0v) is 20.0. The Bertz CT molecular complexity index is 1490. The molecule has 4 rings (SSSR count). The van der Waals surface area contributed by atoms with Crippen LogP contribution in [0.4, 0.5) is 5.69 Å². The maximum atomic E-state index is 13.5. The van der Waals surface area contributed by atoms with Crippen LogP contribution in [0.15, 0.2) is 62.8 Å². The van der Waals surface area contributed by atoms with Crippen molar-refractivity contribution in [2.24, 2.45) is 10.3 Å². The molecule has 178 valence electrons. The Morgan fingerprint density at radius 3 is 2.76 bits per heavy atom. The second-order valence-corrected chi connectivity index (χ2v) is 10.3. The quantitative estimate of drug-likeness (QED) is 0.493. The van der Waals surface area contributed by atoms with Crippen LogP contribution >= 0.6 is 0 Å². The van der Waals surface area contributed by atoms with E-state index in [1.54, 1.807) is 25.1 Å². The number of aryl methyl sites for hydroxylation is 1. The number of amidine groups is 1. The third kappa shape index (κ3) is 4.41. The molecule has 1 aromatic carbocycles. The minimum Gasteiger partial charge on any atom is -0.506 e. The van der Waals surface area contributed by atoms with E-state index in [0.717, 1.165) is 5.57 Å². The number of aromatic hydroxyl groups is 1. The van der Waals surface area contributed by atoms with Crippen molar-refractivity contribution in [2.75, 3.05) is 11.9 Å². The van der Waals surface area contributed by atoms with Gasteiger partial charge in [-0.15, -0.1) is 4.40 Å². The molecule has 3 heterocycles. The number of fused-ring (bicyclic) bond motifs is 2. The number of nitrogens with zero attached hydrogens (tertiary/aromatic N) is 3. The second kappa shape index (κ2) is 8.94. The van der Waals surface area contributed by atoms with Crippen LogP contribution < -0.4 is 15.6 Å². The molecule has 10 heteroatoms. The predicted molar refractivity (Wildman–Crippen MR) is 131 cm³/mol. The average molecular weight is 483 g/mol. The van der Waals surface area contributed by atoms with E-state index in [-0.39, 0.29) is 34.3 Å². The summed E-state index contributed by atoms with van der Waals surface area (Å²) in [6.45, 7) is 10.2. The molecule has 0 atom stereocenters. The van der Waals surface area contributed by atoms with Gasteiger partial charge in [-0.2, -0.15) is 8.42 Å². The molecule has 2 aromatic heterocycles. The van der Waals surface area contributed by atoms with E-state index >= 15 is 0 Å². The fourth-order valence-corrected chi connectivity index (χ4v) is 4.75. The summed E-state index contributed by atoms with van der Waals surface area (Å²) in [4.78, 5) is 17.7. The van der Waals surface area contributed by atoms with E-state index in [9.17, 15) is 18.3 Å². The summed E-state index contributed by atoms with van der Waals surface area (Å²) >= 11 is 0. The maximum absolute atomic E-state index is 13.5. The molecule has 1 aliphatic rings. The van der Waals surface area contributed by atoms with Crippen LogP contribution in [0.25, 0.3) is 11.0 Å². The van der Waals surface area contributed by atoms with Crippen LogP contribution in [0.3, 0.4) is 0 Å². The van der Waals surface area contributed by atoms with Gasteiger partial charge in [0.15, 0.2) is 5.84 Å². The van der Waals surface area contributed by atoms with Gasteiger partial charge in [-0.05, 0) is 49.1 Å². The third-order valence-corrected chi connectivity index (χ3v) is 6.66. The molecule has 0 aliphatic carbocycles. The van der Waals surface area contributed by atoms with E-state index in [0.29, 0.717) is 35.7 Å². The molecule has 9 nitrogen and oxygen atoms in total. The number of benzene rings is 1. The molecule has 0 unspecified atom stereocenters. The summed E-state index contributed by atoms with van der Waals surface area (Å²) < 4.78 is 36.9. The molecular weight excluding hydrogens is 456 g/mol. The highest BCUT2D eigenvalue weighted by molar-refractivity contribution is 7.90. The van der Waals surface area contributed by atoms with Crippen molar-refractivity contribution in [1.82, 2.24) is 9.55 Å². The van der Waals surface area contributed by atoms with Crippen molar-refractivity contribution in [3.63, 3.8) is 0 Å². The van der Waals surface area contributed by atoms with Crippen LogP contribution in [0.2, 0.25) is 0 Å². The largest absolute Gasteiger partial charge is 0.506 e. The smallest absolute Gasteiger partial charge is 0.286 e. The summed E-state index contributed by atoms with van der Waals surface area (Å²) in [6.07, 6.45) is 2.24. The van der Waals surface area contributed by atoms with Gasteiger partial charge in [0, 0.05) is 18.8 Å². The molecule has 1 aliphatic heterocycles. The van der Waals surface area contributed by atoms with Gasteiger partial charge >= 0.3 is 0 Å². The van der Waals surface area contributed by atoms with Crippen LogP contribution in [0, 0.1) is 5.92 Å². The SMILES string of the molecule is C=C(C)COc1ccc2c(c1)S(=O)(=O)N=C(c1c(O)c3cccnc3n(CCC(C)C)c1=O)N2. The van der Waals surface area contributed by atoms with E-state index in [1.807, 2.05) is 13.8 Å². The first kappa shape index (κ1) is 23.5. The van der Waals surface area contributed by atoms with E-state index in [4.69, 9.17) is 4.74 Å². The second-order valence-electron chi connectivity index (χ2n) is 8.68. The van der Waals surface area contributed by atoms with Crippen LogP contribution in [0.5, 0.6) is 11.5 Å². The van der Waals surface area contributed by atoms with Gasteiger partial charge in [0.25, 0.3) is 15.6 Å². The Morgan fingerprint density at radius 1 is 1.29 bits per heavy atom. The number of hydrogen-bond acceptors (Lipinski definition) is 7. The summed E-state index contributed by atoms with van der Waals surface area (Å²) in [5, 5.41) is 14.2. The first-order valence-corrected chi connectivity index (χ1v) is 12.3. The number of sulfonamides is 1. The van der Waals surface area contributed by atoms with Gasteiger partial charge in [0.2, 0.25) is 0 Å². The maximum Gasteiger partial charge on any atom is 0.286 e. The first-order chi connectivity index (χ1) is 16.1. The number of rotatable bonds is 7. The summed E-state index contributed by atoms with van der Waals surface area (Å²) in [6, 6.07) is 7.78. The van der Waals surface area contributed by atoms with Crippen molar-refractivity contribution >= 4 is 32.6 Å². The predicted octanol–water partition coefficient (Wildman–Crippen LogP) is 3.66. The Hall–Kier alpha value is -3.66. The molecule has 2 N–H and O–H groups in total. The molecule has 0 saturated carbocycles. The standard InChI is InChI=1S/C24H26N4O5S/c1-14(2)9-11-28-23-17(6-5-10-25-23)21(29)20(24(28)30)22-26-18-8-7-16(33-13-15(3)4)12-19(18)34(31,32)27-22/h5-8,10,12,14,29H,3,9,11,13H2,1-2,4H3,(H,26,27). The lowest BCUT2D eigenvalue weighted by molar-refractivity contribution is 0.352. The monoisotopic (exact) mass is 482 g/mol. The first-order valence-electron chi connectivity index (χ1n) is 10.8. The average Bonchev–Trinajstić information content (AvgIpc) is 2.77. The minimum absolute atomic E-state index is 0.0856. The third-order valence-electron chi connectivity index (χ3n) is 5.34. The van der Waals surface area contributed by atoms with Gasteiger partial charge in [-0.1, -0.05) is 20.4 Å². The van der Waals surface area contributed by atoms with Crippen molar-refractivity contribution in [2.45, 2.75) is 38.6 Å². The molecule has 3 aromatic rings. The van der Waals surface area contributed by atoms with E-state index in [1.165, 1.54) is 22.9 Å². The summed E-state index contributed by atoms with van der Waals surface area (Å²) in [5.41, 5.74) is 0.547. The topological polar surface area (TPSA) is 123 Å². The normalized spacial score (nSPS) is 14.4. The van der Waals surface area contributed by atoms with Gasteiger partial charge in [-0.3, -0.25) is 9.36 Å². The molecule has 0 amide bonds. The number of nitrogens with one attached hydrogen (secondary N) is 1. The number of pyridine rings is 2. The van der Waals surface area contributed by atoms with Crippen LogP contribution in [-0.4, -0.2) is 35.5 Å². The van der Waals surface area contributed by atoms with Gasteiger partial charge in [-0.25, -0.2) is 4.98 Å². The van der Waals surface area contributed by atoms with E-state index < -0.39 is 15.6 Å². The molecule has 0 fully saturated rings. The summed E-state index contributed by atoms with van der Waals surface area (Å²) in [5.74, 6) is 0.0536. The highest BCUT2D eigenvalue weighted by Gasteiger charge is 2.30. The van der Waals surface area contributed by atoms with Crippen LogP contribution in [-0.2, 0) is 16.6 Å². The van der Waals surface area contributed by atoms with Crippen molar-refractivity contribution < 1.29 is 18.3 Å². The Kier molecular flexibility index (Phi) is 6.18. The number of hydrogen-bond donors (Lipinski definition) is 2. The number of ether oxygens (including phenoxy) is 1.